The van der Waals surface area contributed by atoms with Crippen LogP contribution in [0.5, 0.6) is 5.75 Å². The van der Waals surface area contributed by atoms with Gasteiger partial charge in [-0.25, -0.2) is 0 Å². The lowest BCUT2D eigenvalue weighted by molar-refractivity contribution is -0.140. The maximum absolute atomic E-state index is 13.3. The lowest BCUT2D eigenvalue weighted by Crippen LogP contribution is -2.29. The summed E-state index contributed by atoms with van der Waals surface area (Å²) in [6, 6.07) is 17.5. The molecule has 1 N–H and O–H groups in total. The van der Waals surface area contributed by atoms with Gasteiger partial charge in [0.05, 0.1) is 30.5 Å². The van der Waals surface area contributed by atoms with Gasteiger partial charge in [-0.1, -0.05) is 18.2 Å². The van der Waals surface area contributed by atoms with Crippen LogP contribution in [0.15, 0.2) is 72.4 Å². The number of anilines is 1. The maximum atomic E-state index is 13.3. The largest absolute Gasteiger partial charge is 0.507 e. The first kappa shape index (κ1) is 24.0. The lowest BCUT2D eigenvalue weighted by atomic mass is 9.94. The summed E-state index contributed by atoms with van der Waals surface area (Å²) >= 11 is 0. The van der Waals surface area contributed by atoms with Gasteiger partial charge in [0.25, 0.3) is 11.7 Å². The minimum Gasteiger partial charge on any atom is -0.507 e. The van der Waals surface area contributed by atoms with Crippen LogP contribution in [0.1, 0.15) is 35.3 Å². The number of hydrogen-bond donors (Lipinski definition) is 1. The smallest absolute Gasteiger partial charge is 0.296 e. The number of Topliss-reactive ketones (excluding diaryl/α,β-unsaturated/α-hetero) is 1. The van der Waals surface area contributed by atoms with Gasteiger partial charge < -0.3 is 19.6 Å². The van der Waals surface area contributed by atoms with Crippen LogP contribution in [0.3, 0.4) is 0 Å². The Balaban J connectivity index is 1.84. The molecule has 0 bridgehead atoms. The van der Waals surface area contributed by atoms with E-state index in [-0.39, 0.29) is 17.9 Å². The Hall–Kier alpha value is -4.13. The number of amides is 1. The summed E-state index contributed by atoms with van der Waals surface area (Å²) < 4.78 is 5.60. The van der Waals surface area contributed by atoms with Crippen molar-refractivity contribution in [3.05, 3.63) is 94.8 Å². The molecule has 7 nitrogen and oxygen atoms in total. The number of aliphatic hydroxyl groups excluding tert-OH is 1. The number of carbonyl (C=O) groups is 2. The molecule has 35 heavy (non-hydrogen) atoms. The number of likely N-dealkylation sites (tertiary alicyclic amines) is 1. The van der Waals surface area contributed by atoms with E-state index in [1.165, 1.54) is 4.90 Å². The van der Waals surface area contributed by atoms with Crippen molar-refractivity contribution < 1.29 is 19.4 Å². The van der Waals surface area contributed by atoms with Crippen LogP contribution < -0.4 is 9.64 Å². The fourth-order valence-corrected chi connectivity index (χ4v) is 4.28. The van der Waals surface area contributed by atoms with Gasteiger partial charge in [0.15, 0.2) is 0 Å². The second-order valence-electron chi connectivity index (χ2n) is 8.65. The van der Waals surface area contributed by atoms with E-state index in [0.717, 1.165) is 16.8 Å². The first-order valence-corrected chi connectivity index (χ1v) is 11.5. The molecule has 2 aromatic carbocycles. The summed E-state index contributed by atoms with van der Waals surface area (Å²) in [5, 5.41) is 11.3. The zero-order chi connectivity index (χ0) is 25.1. The minimum atomic E-state index is -0.750. The zero-order valence-corrected chi connectivity index (χ0v) is 20.4. The first-order valence-electron chi connectivity index (χ1n) is 11.5. The second kappa shape index (κ2) is 10.0. The number of aryl methyl sites for hydroxylation is 1. The van der Waals surface area contributed by atoms with Crippen LogP contribution in [-0.2, 0) is 16.1 Å². The number of hydrogen-bond acceptors (Lipinski definition) is 6. The third-order valence-corrected chi connectivity index (χ3v) is 6.07. The number of benzene rings is 2. The number of ketones is 1. The molecule has 0 radical (unpaired) electrons. The molecule has 1 amide bonds. The Kier molecular flexibility index (Phi) is 6.87. The Morgan fingerprint density at radius 1 is 1.09 bits per heavy atom. The van der Waals surface area contributed by atoms with Crippen LogP contribution in [0.4, 0.5) is 5.69 Å². The number of ether oxygens (including phenoxy) is 1. The average molecular weight is 472 g/mol. The van der Waals surface area contributed by atoms with Crippen LogP contribution in [0, 0.1) is 6.92 Å². The molecule has 0 saturated carbocycles. The lowest BCUT2D eigenvalue weighted by Gasteiger charge is -2.25. The highest BCUT2D eigenvalue weighted by molar-refractivity contribution is 6.46. The molecular formula is C28H29N3O4. The molecular weight excluding hydrogens is 442 g/mol. The number of aliphatic hydroxyl groups is 1. The van der Waals surface area contributed by atoms with Crippen molar-refractivity contribution in [2.75, 3.05) is 25.6 Å². The van der Waals surface area contributed by atoms with E-state index in [1.54, 1.807) is 36.5 Å². The van der Waals surface area contributed by atoms with Crippen molar-refractivity contribution in [2.24, 2.45) is 0 Å². The highest BCUT2D eigenvalue weighted by atomic mass is 16.5. The van der Waals surface area contributed by atoms with Crippen molar-refractivity contribution in [1.29, 1.82) is 0 Å². The van der Waals surface area contributed by atoms with Crippen molar-refractivity contribution in [1.82, 2.24) is 9.88 Å². The summed E-state index contributed by atoms with van der Waals surface area (Å²) in [7, 11) is 3.88. The van der Waals surface area contributed by atoms with Gasteiger partial charge in [-0.15, -0.1) is 0 Å². The van der Waals surface area contributed by atoms with Gasteiger partial charge in [0, 0.05) is 31.5 Å². The SMILES string of the molecule is CCOc1ccc(/C(O)=C2/C(=O)C(=O)N(Cc3ccccn3)C2c2ccc(N(C)C)cc2)cc1C. The van der Waals surface area contributed by atoms with Gasteiger partial charge in [-0.05, 0) is 67.4 Å². The molecule has 1 fully saturated rings. The number of aromatic nitrogens is 1. The third-order valence-electron chi connectivity index (χ3n) is 6.07. The Bertz CT molecular complexity index is 1270. The molecule has 0 aliphatic carbocycles. The van der Waals surface area contributed by atoms with Crippen LogP contribution in [0.2, 0.25) is 0 Å². The first-order chi connectivity index (χ1) is 16.8. The minimum absolute atomic E-state index is 0.0621. The van der Waals surface area contributed by atoms with Crippen LogP contribution >= 0.6 is 0 Å². The van der Waals surface area contributed by atoms with E-state index in [4.69, 9.17) is 4.74 Å². The number of nitrogens with zero attached hydrogens (tertiary/aromatic N) is 3. The van der Waals surface area contributed by atoms with E-state index < -0.39 is 17.7 Å². The predicted octanol–water partition coefficient (Wildman–Crippen LogP) is 4.48. The molecule has 1 aliphatic rings. The third kappa shape index (κ3) is 4.75. The fourth-order valence-electron chi connectivity index (χ4n) is 4.28. The quantitative estimate of drug-likeness (QED) is 0.311. The molecule has 2 heterocycles. The van der Waals surface area contributed by atoms with E-state index in [2.05, 4.69) is 4.98 Å². The summed E-state index contributed by atoms with van der Waals surface area (Å²) in [5.41, 5.74) is 3.71. The molecule has 1 aliphatic heterocycles. The number of carbonyl (C=O) groups excluding carboxylic acids is 2. The molecule has 1 unspecified atom stereocenters. The molecule has 1 atom stereocenters. The van der Waals surface area contributed by atoms with Gasteiger partial charge in [0.1, 0.15) is 11.5 Å². The average Bonchev–Trinajstić information content (AvgIpc) is 3.10. The molecule has 4 rings (SSSR count). The van der Waals surface area contributed by atoms with Crippen LogP contribution in [-0.4, -0.2) is 47.4 Å². The monoisotopic (exact) mass is 471 g/mol. The molecule has 180 valence electrons. The van der Waals surface area contributed by atoms with E-state index in [9.17, 15) is 14.7 Å². The number of pyridine rings is 1. The predicted molar refractivity (Wildman–Crippen MR) is 135 cm³/mol. The zero-order valence-electron chi connectivity index (χ0n) is 20.4. The molecule has 7 heteroatoms. The van der Waals surface area contributed by atoms with E-state index in [0.29, 0.717) is 23.6 Å². The Morgan fingerprint density at radius 3 is 2.43 bits per heavy atom. The highest BCUT2D eigenvalue weighted by Gasteiger charge is 2.46. The normalized spacial score (nSPS) is 17.0. The maximum Gasteiger partial charge on any atom is 0.296 e. The summed E-state index contributed by atoms with van der Waals surface area (Å²) in [6.45, 7) is 4.44. The van der Waals surface area contributed by atoms with Gasteiger partial charge in [0.2, 0.25) is 0 Å². The van der Waals surface area contributed by atoms with Gasteiger partial charge >= 0.3 is 0 Å². The fraction of sp³-hybridized carbons (Fsp3) is 0.250. The topological polar surface area (TPSA) is 83.0 Å². The summed E-state index contributed by atoms with van der Waals surface area (Å²) in [6.07, 6.45) is 1.65. The van der Waals surface area contributed by atoms with Gasteiger partial charge in [-0.3, -0.25) is 14.6 Å². The van der Waals surface area contributed by atoms with Crippen molar-refractivity contribution in [3.8, 4) is 5.75 Å². The standard InChI is InChI=1S/C28H29N3O4/c1-5-35-23-14-11-20(16-18(23)2)26(32)24-25(19-9-12-22(13-10-19)30(3)4)31(28(34)27(24)33)17-21-8-6-7-15-29-21/h6-16,25,32H,5,17H2,1-4H3/b26-24-. The van der Waals surface area contributed by atoms with Crippen molar-refractivity contribution in [3.63, 3.8) is 0 Å². The molecule has 1 aromatic heterocycles. The van der Waals surface area contributed by atoms with Crippen LogP contribution in [0.25, 0.3) is 5.76 Å². The summed E-state index contributed by atoms with van der Waals surface area (Å²) in [4.78, 5) is 34.2. The van der Waals surface area contributed by atoms with E-state index in [1.807, 2.05) is 63.2 Å². The van der Waals surface area contributed by atoms with Crippen molar-refractivity contribution in [2.45, 2.75) is 26.4 Å². The highest BCUT2D eigenvalue weighted by Crippen LogP contribution is 2.41. The second-order valence-corrected chi connectivity index (χ2v) is 8.65. The Labute approximate surface area is 205 Å². The van der Waals surface area contributed by atoms with Gasteiger partial charge in [-0.2, -0.15) is 0 Å². The van der Waals surface area contributed by atoms with E-state index >= 15 is 0 Å². The Morgan fingerprint density at radius 2 is 1.83 bits per heavy atom. The molecule has 0 spiro atoms. The molecule has 3 aromatic rings. The summed E-state index contributed by atoms with van der Waals surface area (Å²) in [5.74, 6) is -0.886. The molecule has 1 saturated heterocycles. The number of rotatable bonds is 7. The van der Waals surface area contributed by atoms with Crippen molar-refractivity contribution >= 4 is 23.1 Å².